The molecule has 2 aliphatic heterocycles. The average molecular weight is 277 g/mol. The summed E-state index contributed by atoms with van der Waals surface area (Å²) < 4.78 is 5.54. The molecule has 0 radical (unpaired) electrons. The van der Waals surface area contributed by atoms with Gasteiger partial charge in [0.05, 0.1) is 12.5 Å². The highest BCUT2D eigenvalue weighted by molar-refractivity contribution is 5.85. The van der Waals surface area contributed by atoms with E-state index in [-0.39, 0.29) is 24.4 Å². The Bertz CT molecular complexity index is 255. The van der Waals surface area contributed by atoms with E-state index in [0.29, 0.717) is 19.0 Å². The molecule has 0 bridgehead atoms. The van der Waals surface area contributed by atoms with E-state index >= 15 is 0 Å². The second-order valence-corrected chi connectivity index (χ2v) is 5.15. The van der Waals surface area contributed by atoms with Gasteiger partial charge >= 0.3 is 0 Å². The van der Waals surface area contributed by atoms with Crippen LogP contribution in [0.1, 0.15) is 44.9 Å². The molecule has 2 heterocycles. The Morgan fingerprint density at radius 3 is 2.78 bits per heavy atom. The zero-order valence-corrected chi connectivity index (χ0v) is 11.8. The molecule has 2 aliphatic rings. The van der Waals surface area contributed by atoms with Gasteiger partial charge in [0.1, 0.15) is 0 Å². The summed E-state index contributed by atoms with van der Waals surface area (Å²) >= 11 is 0. The molecular weight excluding hydrogens is 252 g/mol. The van der Waals surface area contributed by atoms with Crippen molar-refractivity contribution in [2.75, 3.05) is 19.7 Å². The van der Waals surface area contributed by atoms with Gasteiger partial charge in [0.25, 0.3) is 0 Å². The first kappa shape index (κ1) is 15.7. The summed E-state index contributed by atoms with van der Waals surface area (Å²) in [5.74, 6) is 0.273. The van der Waals surface area contributed by atoms with Crippen molar-refractivity contribution in [3.8, 4) is 0 Å². The number of rotatable bonds is 4. The number of amides is 1. The molecule has 0 spiro atoms. The van der Waals surface area contributed by atoms with E-state index in [0.717, 1.165) is 45.3 Å². The van der Waals surface area contributed by atoms with Gasteiger partial charge < -0.3 is 15.4 Å². The van der Waals surface area contributed by atoms with Crippen molar-refractivity contribution in [3.05, 3.63) is 0 Å². The van der Waals surface area contributed by atoms with E-state index in [2.05, 4.69) is 4.90 Å². The van der Waals surface area contributed by atoms with Crippen molar-refractivity contribution < 1.29 is 9.53 Å². The summed E-state index contributed by atoms with van der Waals surface area (Å²) in [6.45, 7) is 2.41. The number of ether oxygens (including phenoxy) is 1. The van der Waals surface area contributed by atoms with Gasteiger partial charge in [0, 0.05) is 19.2 Å². The third-order valence-electron chi connectivity index (χ3n) is 3.87. The fourth-order valence-electron chi connectivity index (χ4n) is 2.94. The van der Waals surface area contributed by atoms with Crippen LogP contribution >= 0.6 is 12.4 Å². The molecule has 2 fully saturated rings. The van der Waals surface area contributed by atoms with Crippen LogP contribution in [0.25, 0.3) is 0 Å². The highest BCUT2D eigenvalue weighted by atomic mass is 35.5. The van der Waals surface area contributed by atoms with Crippen molar-refractivity contribution in [2.24, 2.45) is 5.73 Å². The second-order valence-electron chi connectivity index (χ2n) is 5.15. The quantitative estimate of drug-likeness (QED) is 0.850. The Balaban J connectivity index is 0.00000162. The van der Waals surface area contributed by atoms with Crippen LogP contribution in [0.5, 0.6) is 0 Å². The Hall–Kier alpha value is -0.320. The first-order valence-electron chi connectivity index (χ1n) is 6.92. The van der Waals surface area contributed by atoms with E-state index in [1.807, 2.05) is 0 Å². The third-order valence-corrected chi connectivity index (χ3v) is 3.87. The van der Waals surface area contributed by atoms with Gasteiger partial charge in [-0.25, -0.2) is 0 Å². The molecule has 2 N–H and O–H groups in total. The lowest BCUT2D eigenvalue weighted by Crippen LogP contribution is -2.45. The Morgan fingerprint density at radius 2 is 2.11 bits per heavy atom. The first-order chi connectivity index (χ1) is 8.31. The van der Waals surface area contributed by atoms with Crippen LogP contribution in [0.3, 0.4) is 0 Å². The monoisotopic (exact) mass is 276 g/mol. The molecule has 2 unspecified atom stereocenters. The SMILES string of the molecule is Cl.NCCC1CCCCN1C(=O)CC1CCCO1. The lowest BCUT2D eigenvalue weighted by Gasteiger charge is -2.36. The van der Waals surface area contributed by atoms with Crippen LogP contribution in [-0.2, 0) is 9.53 Å². The first-order valence-corrected chi connectivity index (χ1v) is 6.92. The topological polar surface area (TPSA) is 55.6 Å². The Labute approximate surface area is 116 Å². The smallest absolute Gasteiger partial charge is 0.225 e. The molecule has 0 aromatic rings. The average Bonchev–Trinajstić information content (AvgIpc) is 2.83. The molecule has 4 nitrogen and oxygen atoms in total. The van der Waals surface area contributed by atoms with Gasteiger partial charge in [-0.2, -0.15) is 0 Å². The molecule has 2 rings (SSSR count). The minimum atomic E-state index is 0. The van der Waals surface area contributed by atoms with Crippen LogP contribution in [-0.4, -0.2) is 42.6 Å². The van der Waals surface area contributed by atoms with Crippen molar-refractivity contribution in [2.45, 2.75) is 57.1 Å². The molecule has 106 valence electrons. The zero-order valence-electron chi connectivity index (χ0n) is 11.0. The van der Waals surface area contributed by atoms with E-state index in [1.54, 1.807) is 0 Å². The van der Waals surface area contributed by atoms with Gasteiger partial charge in [-0.1, -0.05) is 0 Å². The van der Waals surface area contributed by atoms with Crippen molar-refractivity contribution in [1.82, 2.24) is 4.90 Å². The maximum absolute atomic E-state index is 12.2. The lowest BCUT2D eigenvalue weighted by atomic mass is 9.98. The van der Waals surface area contributed by atoms with Crippen LogP contribution in [0.15, 0.2) is 0 Å². The summed E-state index contributed by atoms with van der Waals surface area (Å²) in [6, 6.07) is 0.377. The van der Waals surface area contributed by atoms with Gasteiger partial charge in [-0.3, -0.25) is 4.79 Å². The highest BCUT2D eigenvalue weighted by Gasteiger charge is 2.28. The fourth-order valence-corrected chi connectivity index (χ4v) is 2.94. The van der Waals surface area contributed by atoms with E-state index in [9.17, 15) is 4.79 Å². The maximum atomic E-state index is 12.2. The van der Waals surface area contributed by atoms with E-state index < -0.39 is 0 Å². The number of nitrogens with two attached hydrogens (primary N) is 1. The number of nitrogens with zero attached hydrogens (tertiary/aromatic N) is 1. The molecule has 5 heteroatoms. The van der Waals surface area contributed by atoms with E-state index in [4.69, 9.17) is 10.5 Å². The molecule has 0 aliphatic carbocycles. The number of hydrogen-bond donors (Lipinski definition) is 1. The zero-order chi connectivity index (χ0) is 12.1. The van der Waals surface area contributed by atoms with Crippen LogP contribution in [0.4, 0.5) is 0 Å². The predicted octanol–water partition coefficient (Wildman–Crippen LogP) is 1.71. The molecule has 0 aromatic carbocycles. The molecule has 18 heavy (non-hydrogen) atoms. The largest absolute Gasteiger partial charge is 0.378 e. The van der Waals surface area contributed by atoms with Crippen molar-refractivity contribution >= 4 is 18.3 Å². The lowest BCUT2D eigenvalue weighted by molar-refractivity contribution is -0.137. The summed E-state index contributed by atoms with van der Waals surface area (Å²) in [7, 11) is 0. The molecular formula is C13H25ClN2O2. The van der Waals surface area contributed by atoms with Crippen LogP contribution < -0.4 is 5.73 Å². The standard InChI is InChI=1S/C13H24N2O2.ClH/c14-7-6-11-4-1-2-8-15(11)13(16)10-12-5-3-9-17-12;/h11-12H,1-10,14H2;1H. The third kappa shape index (κ3) is 4.11. The highest BCUT2D eigenvalue weighted by Crippen LogP contribution is 2.23. The summed E-state index contributed by atoms with van der Waals surface area (Å²) in [5, 5.41) is 0. The molecule has 0 aromatic heterocycles. The Kier molecular flexibility index (Phi) is 6.97. The maximum Gasteiger partial charge on any atom is 0.225 e. The van der Waals surface area contributed by atoms with Gasteiger partial charge in [-0.05, 0) is 45.1 Å². The second kappa shape index (κ2) is 7.97. The van der Waals surface area contributed by atoms with E-state index in [1.165, 1.54) is 6.42 Å². The fraction of sp³-hybridized carbons (Fsp3) is 0.923. The Morgan fingerprint density at radius 1 is 1.28 bits per heavy atom. The number of piperidine rings is 1. The van der Waals surface area contributed by atoms with Gasteiger partial charge in [0.15, 0.2) is 0 Å². The number of hydrogen-bond acceptors (Lipinski definition) is 3. The normalized spacial score (nSPS) is 27.9. The van der Waals surface area contributed by atoms with Gasteiger partial charge in [0.2, 0.25) is 5.91 Å². The van der Waals surface area contributed by atoms with Gasteiger partial charge in [-0.15, -0.1) is 12.4 Å². The van der Waals surface area contributed by atoms with Crippen molar-refractivity contribution in [1.29, 1.82) is 0 Å². The predicted molar refractivity (Wildman–Crippen MR) is 73.9 cm³/mol. The van der Waals surface area contributed by atoms with Crippen molar-refractivity contribution in [3.63, 3.8) is 0 Å². The minimum Gasteiger partial charge on any atom is -0.378 e. The number of likely N-dealkylation sites (tertiary alicyclic amines) is 1. The van der Waals surface area contributed by atoms with Crippen LogP contribution in [0, 0.1) is 0 Å². The van der Waals surface area contributed by atoms with Crippen LogP contribution in [0.2, 0.25) is 0 Å². The minimum absolute atomic E-state index is 0. The molecule has 0 saturated carbocycles. The summed E-state index contributed by atoms with van der Waals surface area (Å²) in [4.78, 5) is 14.3. The number of carbonyl (C=O) groups is 1. The number of carbonyl (C=O) groups excluding carboxylic acids is 1. The summed E-state index contributed by atoms with van der Waals surface area (Å²) in [5.41, 5.74) is 5.62. The summed E-state index contributed by atoms with van der Waals surface area (Å²) in [6.07, 6.45) is 7.31. The molecule has 2 atom stereocenters. The molecule has 1 amide bonds. The molecule has 2 saturated heterocycles. The number of halogens is 1.